The van der Waals surface area contributed by atoms with Crippen molar-refractivity contribution in [1.29, 1.82) is 0 Å². The first-order valence-electron chi connectivity index (χ1n) is 7.84. The van der Waals surface area contributed by atoms with Crippen LogP contribution in [0.5, 0.6) is 0 Å². The van der Waals surface area contributed by atoms with Crippen molar-refractivity contribution in [3.8, 4) is 0 Å². The Balaban J connectivity index is 1.55. The van der Waals surface area contributed by atoms with Crippen LogP contribution in [0.4, 0.5) is 0 Å². The van der Waals surface area contributed by atoms with Crippen LogP contribution < -0.4 is 5.73 Å². The van der Waals surface area contributed by atoms with Gasteiger partial charge in [0.25, 0.3) is 0 Å². The summed E-state index contributed by atoms with van der Waals surface area (Å²) in [5, 5.41) is 0. The van der Waals surface area contributed by atoms with Gasteiger partial charge in [-0.1, -0.05) is 18.2 Å². The summed E-state index contributed by atoms with van der Waals surface area (Å²) in [4.78, 5) is 1.35. The van der Waals surface area contributed by atoms with Gasteiger partial charge in [0.2, 0.25) is 0 Å². The number of hydrogen-bond acceptors (Lipinski definition) is 4. The van der Waals surface area contributed by atoms with Crippen molar-refractivity contribution in [2.45, 2.75) is 42.7 Å². The molecule has 0 aromatic heterocycles. The Morgan fingerprint density at radius 3 is 3.00 bits per heavy atom. The third-order valence-electron chi connectivity index (χ3n) is 4.73. The van der Waals surface area contributed by atoms with Crippen LogP contribution in [0.15, 0.2) is 29.2 Å². The molecule has 2 heterocycles. The van der Waals surface area contributed by atoms with E-state index in [0.29, 0.717) is 5.92 Å². The molecule has 3 unspecified atom stereocenters. The van der Waals surface area contributed by atoms with Gasteiger partial charge in [0.15, 0.2) is 0 Å². The van der Waals surface area contributed by atoms with Crippen LogP contribution >= 0.6 is 11.8 Å². The lowest BCUT2D eigenvalue weighted by Gasteiger charge is -2.39. The average Bonchev–Trinajstić information content (AvgIpc) is 2.94. The quantitative estimate of drug-likeness (QED) is 0.869. The highest BCUT2D eigenvalue weighted by Crippen LogP contribution is 2.37. The minimum absolute atomic E-state index is 0.0339. The molecule has 2 aliphatic heterocycles. The number of ether oxygens (including phenoxy) is 2. The van der Waals surface area contributed by atoms with E-state index in [9.17, 15) is 0 Å². The molecule has 3 nitrogen and oxygen atoms in total. The molecule has 116 valence electrons. The second kappa shape index (κ2) is 6.69. The van der Waals surface area contributed by atoms with E-state index in [-0.39, 0.29) is 11.6 Å². The topological polar surface area (TPSA) is 44.5 Å². The minimum Gasteiger partial charge on any atom is -0.378 e. The Kier molecular flexibility index (Phi) is 4.89. The summed E-state index contributed by atoms with van der Waals surface area (Å²) < 4.78 is 11.5. The summed E-state index contributed by atoms with van der Waals surface area (Å²) in [6.45, 7) is 4.57. The van der Waals surface area contributed by atoms with Crippen molar-refractivity contribution in [3.63, 3.8) is 0 Å². The molecule has 0 amide bonds. The van der Waals surface area contributed by atoms with E-state index in [1.165, 1.54) is 10.5 Å². The molecule has 1 aromatic carbocycles. The van der Waals surface area contributed by atoms with E-state index in [4.69, 9.17) is 15.2 Å². The second-order valence-corrected chi connectivity index (χ2v) is 7.39. The fraction of sp³-hybridized carbons (Fsp3) is 0.647. The lowest BCUT2D eigenvalue weighted by Crippen LogP contribution is -2.46. The van der Waals surface area contributed by atoms with E-state index in [1.54, 1.807) is 0 Å². The van der Waals surface area contributed by atoms with E-state index in [0.717, 1.165) is 44.8 Å². The Bertz CT molecular complexity index is 474. The highest BCUT2D eigenvalue weighted by Gasteiger charge is 2.42. The zero-order valence-corrected chi connectivity index (χ0v) is 13.5. The molecule has 0 aliphatic carbocycles. The molecule has 2 aliphatic rings. The lowest BCUT2D eigenvalue weighted by molar-refractivity contribution is -0.100. The maximum Gasteiger partial charge on any atom is 0.0939 e. The summed E-state index contributed by atoms with van der Waals surface area (Å²) >= 11 is 1.88. The van der Waals surface area contributed by atoms with Crippen LogP contribution in [0.25, 0.3) is 0 Å². The van der Waals surface area contributed by atoms with E-state index in [1.807, 2.05) is 11.8 Å². The molecule has 2 fully saturated rings. The fourth-order valence-corrected chi connectivity index (χ4v) is 4.45. The summed E-state index contributed by atoms with van der Waals surface area (Å²) in [6.07, 6.45) is 3.17. The summed E-state index contributed by atoms with van der Waals surface area (Å²) in [7, 11) is 0. The molecule has 4 heteroatoms. The predicted molar refractivity (Wildman–Crippen MR) is 86.7 cm³/mol. The summed E-state index contributed by atoms with van der Waals surface area (Å²) in [5.74, 6) is 1.53. The molecule has 1 spiro atoms. The average molecular weight is 307 g/mol. The smallest absolute Gasteiger partial charge is 0.0939 e. The molecule has 3 rings (SSSR count). The van der Waals surface area contributed by atoms with Gasteiger partial charge < -0.3 is 15.2 Å². The first kappa shape index (κ1) is 15.3. The zero-order valence-electron chi connectivity index (χ0n) is 12.7. The number of nitrogens with two attached hydrogens (primary N) is 1. The van der Waals surface area contributed by atoms with Crippen molar-refractivity contribution < 1.29 is 9.47 Å². The second-order valence-electron chi connectivity index (χ2n) is 6.33. The van der Waals surface area contributed by atoms with Crippen molar-refractivity contribution in [2.75, 3.05) is 25.6 Å². The van der Waals surface area contributed by atoms with Crippen LogP contribution in [-0.4, -0.2) is 37.2 Å². The van der Waals surface area contributed by atoms with Crippen LogP contribution in [-0.2, 0) is 9.47 Å². The van der Waals surface area contributed by atoms with Gasteiger partial charge in [-0.15, -0.1) is 11.8 Å². The van der Waals surface area contributed by atoms with Gasteiger partial charge in [-0.2, -0.15) is 0 Å². The van der Waals surface area contributed by atoms with Gasteiger partial charge >= 0.3 is 0 Å². The SMILES string of the molecule is Cc1ccccc1SCC(N)C1CCOC2(CCOC2)C1. The standard InChI is InChI=1S/C17H25NO2S/c1-13-4-2-3-5-16(13)21-11-15(18)14-6-8-20-17(10-14)7-9-19-12-17/h2-5,14-15H,6-12,18H2,1H3. The van der Waals surface area contributed by atoms with E-state index < -0.39 is 0 Å². The zero-order chi connectivity index (χ0) is 14.7. The van der Waals surface area contributed by atoms with Crippen molar-refractivity contribution in [2.24, 2.45) is 11.7 Å². The fourth-order valence-electron chi connectivity index (χ4n) is 3.33. The number of aryl methyl sites for hydroxylation is 1. The van der Waals surface area contributed by atoms with Crippen LogP contribution in [0.1, 0.15) is 24.8 Å². The number of benzene rings is 1. The largest absolute Gasteiger partial charge is 0.378 e. The Morgan fingerprint density at radius 2 is 2.24 bits per heavy atom. The predicted octanol–water partition coefficient (Wildman–Crippen LogP) is 3.00. The van der Waals surface area contributed by atoms with Crippen LogP contribution in [0.3, 0.4) is 0 Å². The van der Waals surface area contributed by atoms with Crippen LogP contribution in [0, 0.1) is 12.8 Å². The van der Waals surface area contributed by atoms with Gasteiger partial charge in [-0.25, -0.2) is 0 Å². The highest BCUT2D eigenvalue weighted by atomic mass is 32.2. The number of thioether (sulfide) groups is 1. The van der Waals surface area contributed by atoms with E-state index in [2.05, 4.69) is 31.2 Å². The first-order chi connectivity index (χ1) is 10.2. The molecule has 2 N–H and O–H groups in total. The van der Waals surface area contributed by atoms with Gasteiger partial charge in [0.1, 0.15) is 0 Å². The maximum absolute atomic E-state index is 6.48. The highest BCUT2D eigenvalue weighted by molar-refractivity contribution is 7.99. The number of rotatable bonds is 4. The first-order valence-corrected chi connectivity index (χ1v) is 8.83. The van der Waals surface area contributed by atoms with E-state index >= 15 is 0 Å². The molecule has 0 saturated carbocycles. The molecule has 21 heavy (non-hydrogen) atoms. The van der Waals surface area contributed by atoms with Crippen molar-refractivity contribution in [1.82, 2.24) is 0 Å². The lowest BCUT2D eigenvalue weighted by atomic mass is 9.82. The maximum atomic E-state index is 6.48. The van der Waals surface area contributed by atoms with Gasteiger partial charge in [0.05, 0.1) is 12.2 Å². The summed E-state index contributed by atoms with van der Waals surface area (Å²) in [5.41, 5.74) is 7.78. The molecule has 3 atom stereocenters. The Labute approximate surface area is 131 Å². The van der Waals surface area contributed by atoms with Crippen LogP contribution in [0.2, 0.25) is 0 Å². The van der Waals surface area contributed by atoms with Gasteiger partial charge in [-0.05, 0) is 37.3 Å². The van der Waals surface area contributed by atoms with Gasteiger partial charge in [-0.3, -0.25) is 0 Å². The number of hydrogen-bond donors (Lipinski definition) is 1. The molecular weight excluding hydrogens is 282 g/mol. The third kappa shape index (κ3) is 3.62. The molecular formula is C17H25NO2S. The Morgan fingerprint density at radius 1 is 1.38 bits per heavy atom. The monoisotopic (exact) mass is 307 g/mol. The van der Waals surface area contributed by atoms with Crippen molar-refractivity contribution in [3.05, 3.63) is 29.8 Å². The molecule has 0 radical (unpaired) electrons. The van der Waals surface area contributed by atoms with Gasteiger partial charge in [0, 0.05) is 36.3 Å². The summed E-state index contributed by atoms with van der Waals surface area (Å²) in [6, 6.07) is 8.76. The normalized spacial score (nSPS) is 30.7. The third-order valence-corrected chi connectivity index (χ3v) is 6.05. The molecule has 2 saturated heterocycles. The van der Waals surface area contributed by atoms with Crippen molar-refractivity contribution >= 4 is 11.8 Å². The molecule has 1 aromatic rings. The molecule has 0 bridgehead atoms. The minimum atomic E-state index is -0.0339. The Hall–Kier alpha value is -0.550.